The number of nitrogens with one attached hydrogen (secondary N) is 1. The van der Waals surface area contributed by atoms with Gasteiger partial charge in [0.2, 0.25) is 11.8 Å². The Morgan fingerprint density at radius 3 is 2.50 bits per heavy atom. The predicted octanol–water partition coefficient (Wildman–Crippen LogP) is 3.12. The average Bonchev–Trinajstić information content (AvgIpc) is 3.34. The lowest BCUT2D eigenvalue weighted by Gasteiger charge is -2.48. The number of furan rings is 1. The van der Waals surface area contributed by atoms with E-state index < -0.39 is 35.6 Å². The molecule has 0 aliphatic heterocycles. The van der Waals surface area contributed by atoms with Crippen LogP contribution in [-0.4, -0.2) is 35.7 Å². The molecule has 0 spiro atoms. The molecule has 170 valence electrons. The van der Waals surface area contributed by atoms with Gasteiger partial charge in [-0.15, -0.1) is 6.58 Å². The van der Waals surface area contributed by atoms with Gasteiger partial charge in [-0.05, 0) is 37.0 Å². The lowest BCUT2D eigenvalue weighted by molar-refractivity contribution is -0.151. The Kier molecular flexibility index (Phi) is 7.45. The maximum Gasteiger partial charge on any atom is 0.287 e. The van der Waals surface area contributed by atoms with E-state index in [0.717, 1.165) is 19.3 Å². The molecule has 1 aliphatic carbocycles. The number of hydrogen-bond acceptors (Lipinski definition) is 4. The van der Waals surface area contributed by atoms with Crippen LogP contribution in [0.15, 0.2) is 59.7 Å². The summed E-state index contributed by atoms with van der Waals surface area (Å²) in [5, 5.41) is 2.50. The van der Waals surface area contributed by atoms with Crippen molar-refractivity contribution in [3.63, 3.8) is 0 Å². The van der Waals surface area contributed by atoms with Crippen molar-refractivity contribution in [2.24, 2.45) is 11.7 Å². The molecule has 1 unspecified atom stereocenters. The summed E-state index contributed by atoms with van der Waals surface area (Å²) in [6.45, 7) is 3.26. The maximum absolute atomic E-state index is 15.1. The Labute approximate surface area is 186 Å². The average molecular weight is 442 g/mol. The normalized spacial score (nSPS) is 16.0. The van der Waals surface area contributed by atoms with Crippen LogP contribution in [0.25, 0.3) is 0 Å². The van der Waals surface area contributed by atoms with E-state index in [1.807, 2.05) is 0 Å². The van der Waals surface area contributed by atoms with E-state index in [1.54, 1.807) is 12.1 Å². The van der Waals surface area contributed by atoms with Crippen LogP contribution in [0.3, 0.4) is 0 Å². The highest BCUT2D eigenvalue weighted by atomic mass is 19.1. The number of nitrogens with two attached hydrogens (primary N) is 1. The summed E-state index contributed by atoms with van der Waals surface area (Å²) in [5.74, 6) is -2.88. The number of benzene rings is 1. The van der Waals surface area contributed by atoms with Gasteiger partial charge in [-0.1, -0.05) is 43.5 Å². The van der Waals surface area contributed by atoms with Crippen LogP contribution >= 0.6 is 0 Å². The number of halogens is 1. The van der Waals surface area contributed by atoms with Crippen molar-refractivity contribution in [1.29, 1.82) is 0 Å². The van der Waals surface area contributed by atoms with Gasteiger partial charge < -0.3 is 20.4 Å². The van der Waals surface area contributed by atoms with Crippen molar-refractivity contribution >= 4 is 17.7 Å². The van der Waals surface area contributed by atoms with Gasteiger partial charge in [-0.25, -0.2) is 4.39 Å². The Bertz CT molecular complexity index is 969. The molecule has 0 bridgehead atoms. The number of hydrogen-bond donors (Lipinski definition) is 2. The highest BCUT2D eigenvalue weighted by Crippen LogP contribution is 2.44. The molecule has 32 heavy (non-hydrogen) atoms. The summed E-state index contributed by atoms with van der Waals surface area (Å²) in [6.07, 6.45) is 6.75. The first-order valence-electron chi connectivity index (χ1n) is 10.7. The topological polar surface area (TPSA) is 106 Å². The zero-order valence-electron chi connectivity index (χ0n) is 17.9. The number of amides is 3. The summed E-state index contributed by atoms with van der Waals surface area (Å²) in [6, 6.07) is 8.92. The minimum absolute atomic E-state index is 0.0385. The van der Waals surface area contributed by atoms with Crippen molar-refractivity contribution in [1.82, 2.24) is 10.2 Å². The van der Waals surface area contributed by atoms with Crippen LogP contribution in [-0.2, 0) is 15.1 Å². The molecular formula is C24H28FN3O4. The predicted molar refractivity (Wildman–Crippen MR) is 117 cm³/mol. The maximum atomic E-state index is 15.1. The largest absolute Gasteiger partial charge is 0.459 e. The Balaban J connectivity index is 2.03. The quantitative estimate of drug-likeness (QED) is 0.583. The summed E-state index contributed by atoms with van der Waals surface area (Å²) in [4.78, 5) is 40.0. The fourth-order valence-electron chi connectivity index (χ4n) is 4.66. The van der Waals surface area contributed by atoms with Crippen LogP contribution in [0.2, 0.25) is 0 Å². The number of carbonyl (C=O) groups is 3. The number of carbonyl (C=O) groups excluding carboxylic acids is 3. The van der Waals surface area contributed by atoms with Crippen molar-refractivity contribution < 1.29 is 23.2 Å². The zero-order valence-corrected chi connectivity index (χ0v) is 17.9. The molecule has 3 rings (SSSR count). The molecule has 1 aromatic carbocycles. The van der Waals surface area contributed by atoms with Crippen LogP contribution in [0.5, 0.6) is 0 Å². The van der Waals surface area contributed by atoms with Gasteiger partial charge in [0.25, 0.3) is 5.91 Å². The minimum Gasteiger partial charge on any atom is -0.459 e. The fourth-order valence-corrected chi connectivity index (χ4v) is 4.66. The van der Waals surface area contributed by atoms with Gasteiger partial charge in [-0.3, -0.25) is 14.4 Å². The molecule has 1 saturated carbocycles. The van der Waals surface area contributed by atoms with Crippen LogP contribution in [0, 0.1) is 11.7 Å². The molecule has 2 aromatic rings. The molecule has 7 nitrogen and oxygen atoms in total. The third-order valence-electron chi connectivity index (χ3n) is 6.04. The monoisotopic (exact) mass is 441 g/mol. The van der Waals surface area contributed by atoms with Crippen LogP contribution in [0.1, 0.15) is 48.2 Å². The molecule has 0 saturated heterocycles. The standard InChI is InChI=1S/C24H28FN3O4/c1-2-14-28(21(29)16-27-22(30)20-13-8-15-32-20)24(23(26)31,17-9-4-3-5-10-17)18-11-6-7-12-19(18)25/h2,6-8,11-13,15,17H,1,3-5,9-10,14,16H2,(H2,26,31)(H,27,30). The third kappa shape index (κ3) is 4.44. The molecule has 3 N–H and O–H groups in total. The van der Waals surface area contributed by atoms with Crippen LogP contribution < -0.4 is 11.1 Å². The SMILES string of the molecule is C=CCN(C(=O)CNC(=O)c1ccco1)C(C(N)=O)(c1ccccc1F)C1CCCCC1. The Morgan fingerprint density at radius 2 is 1.91 bits per heavy atom. The van der Waals surface area contributed by atoms with E-state index in [9.17, 15) is 14.4 Å². The molecule has 1 aromatic heterocycles. The van der Waals surface area contributed by atoms with E-state index in [1.165, 1.54) is 41.5 Å². The first kappa shape index (κ1) is 23.2. The van der Waals surface area contributed by atoms with Gasteiger partial charge >= 0.3 is 0 Å². The molecule has 1 fully saturated rings. The van der Waals surface area contributed by atoms with Crippen LogP contribution in [0.4, 0.5) is 4.39 Å². The first-order chi connectivity index (χ1) is 15.4. The highest BCUT2D eigenvalue weighted by molar-refractivity contribution is 5.96. The van der Waals surface area contributed by atoms with Crippen molar-refractivity contribution in [3.8, 4) is 0 Å². The smallest absolute Gasteiger partial charge is 0.287 e. The lowest BCUT2D eigenvalue weighted by atomic mass is 9.69. The second kappa shape index (κ2) is 10.3. The number of primary amides is 1. The van der Waals surface area contributed by atoms with E-state index in [0.29, 0.717) is 12.8 Å². The summed E-state index contributed by atoms with van der Waals surface area (Å²) in [7, 11) is 0. The zero-order chi connectivity index (χ0) is 23.1. The lowest BCUT2D eigenvalue weighted by Crippen LogP contribution is -2.63. The minimum atomic E-state index is -1.70. The molecule has 1 aliphatic rings. The number of nitrogens with zero attached hydrogens (tertiary/aromatic N) is 1. The van der Waals surface area contributed by atoms with Gasteiger partial charge in [-0.2, -0.15) is 0 Å². The Hall–Kier alpha value is -3.42. The molecular weight excluding hydrogens is 413 g/mol. The van der Waals surface area contributed by atoms with Crippen molar-refractivity contribution in [3.05, 3.63) is 72.5 Å². The molecule has 3 amide bonds. The summed E-state index contributed by atoms with van der Waals surface area (Å²) < 4.78 is 20.2. The van der Waals surface area contributed by atoms with Gasteiger partial charge in [0, 0.05) is 12.1 Å². The fraction of sp³-hybridized carbons (Fsp3) is 0.375. The van der Waals surface area contributed by atoms with Gasteiger partial charge in [0.15, 0.2) is 11.3 Å². The molecule has 1 atom stereocenters. The second-order valence-corrected chi connectivity index (χ2v) is 7.90. The van der Waals surface area contributed by atoms with Crippen molar-refractivity contribution in [2.75, 3.05) is 13.1 Å². The van der Waals surface area contributed by atoms with E-state index in [-0.39, 0.29) is 23.8 Å². The van der Waals surface area contributed by atoms with E-state index in [4.69, 9.17) is 10.2 Å². The Morgan fingerprint density at radius 1 is 1.19 bits per heavy atom. The molecule has 1 heterocycles. The summed E-state index contributed by atoms with van der Waals surface area (Å²) >= 11 is 0. The first-order valence-corrected chi connectivity index (χ1v) is 10.7. The van der Waals surface area contributed by atoms with E-state index >= 15 is 4.39 Å². The van der Waals surface area contributed by atoms with Crippen molar-refractivity contribution in [2.45, 2.75) is 37.6 Å². The number of rotatable bonds is 9. The summed E-state index contributed by atoms with van der Waals surface area (Å²) in [5.41, 5.74) is 4.33. The van der Waals surface area contributed by atoms with Gasteiger partial charge in [0.05, 0.1) is 12.8 Å². The molecule has 0 radical (unpaired) electrons. The third-order valence-corrected chi connectivity index (χ3v) is 6.04. The van der Waals surface area contributed by atoms with E-state index in [2.05, 4.69) is 11.9 Å². The highest BCUT2D eigenvalue weighted by Gasteiger charge is 2.53. The second-order valence-electron chi connectivity index (χ2n) is 7.90. The molecule has 8 heteroatoms. The van der Waals surface area contributed by atoms with Gasteiger partial charge in [0.1, 0.15) is 5.82 Å².